The fourth-order valence-corrected chi connectivity index (χ4v) is 4.66. The summed E-state index contributed by atoms with van der Waals surface area (Å²) in [5.74, 6) is 6.87. The van der Waals surface area contributed by atoms with Crippen LogP contribution in [0.1, 0.15) is 83.0 Å². The number of rotatable bonds is 10. The Bertz CT molecular complexity index is 844. The van der Waals surface area contributed by atoms with Crippen molar-refractivity contribution in [2.24, 2.45) is 11.6 Å². The molecule has 2 aliphatic carbocycles. The highest BCUT2D eigenvalue weighted by molar-refractivity contribution is 5.70. The number of hydrogen-bond donors (Lipinski definition) is 2. The molecule has 0 atom stereocenters. The largest absolute Gasteiger partial charge is 0.489 e. The molecule has 1 amide bonds. The lowest BCUT2D eigenvalue weighted by atomic mass is 9.98. The molecule has 2 aliphatic rings. The number of pyridine rings is 1. The van der Waals surface area contributed by atoms with Gasteiger partial charge in [-0.15, -0.1) is 0 Å². The van der Waals surface area contributed by atoms with E-state index in [1.165, 1.54) is 24.3 Å². The van der Waals surface area contributed by atoms with Gasteiger partial charge in [0.05, 0.1) is 28.9 Å². The summed E-state index contributed by atoms with van der Waals surface area (Å²) in [6.45, 7) is 4.16. The number of aryl methyl sites for hydroxylation is 1. The minimum Gasteiger partial charge on any atom is -0.489 e. The Labute approximate surface area is 198 Å². The third-order valence-corrected chi connectivity index (χ3v) is 6.99. The highest BCUT2D eigenvalue weighted by Gasteiger charge is 2.48. The van der Waals surface area contributed by atoms with Gasteiger partial charge in [0.15, 0.2) is 0 Å². The maximum Gasteiger partial charge on any atom is 0.410 e. The number of hydrogen-bond acceptors (Lipinski definition) is 7. The van der Waals surface area contributed by atoms with Gasteiger partial charge in [-0.2, -0.15) is 0 Å². The summed E-state index contributed by atoms with van der Waals surface area (Å²) < 4.78 is 11.9. The van der Waals surface area contributed by atoms with E-state index in [1.807, 2.05) is 19.2 Å². The zero-order chi connectivity index (χ0) is 24.0. The second kappa shape index (κ2) is 11.1. The van der Waals surface area contributed by atoms with E-state index in [9.17, 15) is 4.79 Å². The maximum atomic E-state index is 12.7. The smallest absolute Gasteiger partial charge is 0.410 e. The van der Waals surface area contributed by atoms with Crippen molar-refractivity contribution in [1.82, 2.24) is 14.9 Å². The molecule has 2 fully saturated rings. The van der Waals surface area contributed by atoms with Crippen molar-refractivity contribution in [3.05, 3.63) is 29.2 Å². The van der Waals surface area contributed by atoms with E-state index in [0.29, 0.717) is 17.1 Å². The first kappa shape index (κ1) is 25.1. The number of nitrogens with two attached hydrogens (primary N) is 2. The molecule has 8 nitrogen and oxygen atoms in total. The topological polar surface area (TPSA) is 107 Å². The van der Waals surface area contributed by atoms with E-state index in [1.54, 1.807) is 11.9 Å². The normalized spacial score (nSPS) is 18.3. The van der Waals surface area contributed by atoms with Gasteiger partial charge in [-0.05, 0) is 63.5 Å². The Balaban J connectivity index is 1.72. The molecule has 1 aromatic heterocycles. The Hall–Kier alpha value is -2.48. The Kier molecular flexibility index (Phi) is 8.46. The van der Waals surface area contributed by atoms with Crippen molar-refractivity contribution in [1.29, 1.82) is 0 Å². The van der Waals surface area contributed by atoms with Crippen LogP contribution in [0.25, 0.3) is 5.70 Å². The number of aromatic nitrogens is 1. The predicted molar refractivity (Wildman–Crippen MR) is 130 cm³/mol. The summed E-state index contributed by atoms with van der Waals surface area (Å²) in [7, 11) is 3.49. The first-order chi connectivity index (χ1) is 15.8. The number of amides is 1. The monoisotopic (exact) mass is 459 g/mol. The standard InChI is InChI=1S/C25H41N5O3/c1-5-14-25(15-16-25)29(3)24(31)32-17-21(30(4)27)23(26)20-12-13-22(19(6-2)28-20)33-18-10-8-7-9-11-18/h12-13,18H,5-11,14-17,26-27H2,1-4H3/b23-21-. The van der Waals surface area contributed by atoms with Crippen molar-refractivity contribution in [2.75, 3.05) is 20.7 Å². The summed E-state index contributed by atoms with van der Waals surface area (Å²) in [6, 6.07) is 3.79. The van der Waals surface area contributed by atoms with Gasteiger partial charge in [0.1, 0.15) is 12.4 Å². The Morgan fingerprint density at radius 2 is 1.88 bits per heavy atom. The fraction of sp³-hybridized carbons (Fsp3) is 0.680. The van der Waals surface area contributed by atoms with Gasteiger partial charge in [-0.3, -0.25) is 0 Å². The van der Waals surface area contributed by atoms with E-state index in [0.717, 1.165) is 56.4 Å². The molecule has 0 radical (unpaired) electrons. The van der Waals surface area contributed by atoms with Crippen LogP contribution in [0.5, 0.6) is 5.75 Å². The van der Waals surface area contributed by atoms with Crippen molar-refractivity contribution >= 4 is 11.8 Å². The van der Waals surface area contributed by atoms with Gasteiger partial charge < -0.3 is 25.1 Å². The van der Waals surface area contributed by atoms with E-state index in [4.69, 9.17) is 26.0 Å². The number of likely N-dealkylation sites (N-methyl/N-ethyl adjacent to an activating group) is 1. The molecule has 2 saturated carbocycles. The van der Waals surface area contributed by atoms with E-state index in [2.05, 4.69) is 13.8 Å². The van der Waals surface area contributed by atoms with Gasteiger partial charge in [-0.1, -0.05) is 26.7 Å². The van der Waals surface area contributed by atoms with Crippen LogP contribution in [0.3, 0.4) is 0 Å². The molecule has 0 saturated heterocycles. The minimum atomic E-state index is -0.355. The molecule has 0 aliphatic heterocycles. The third kappa shape index (κ3) is 6.10. The highest BCUT2D eigenvalue weighted by atomic mass is 16.6. The molecule has 1 heterocycles. The molecule has 33 heavy (non-hydrogen) atoms. The van der Waals surface area contributed by atoms with Crippen LogP contribution in [0.2, 0.25) is 0 Å². The zero-order valence-electron chi connectivity index (χ0n) is 20.7. The minimum absolute atomic E-state index is 0.0202. The van der Waals surface area contributed by atoms with Crippen molar-refractivity contribution < 1.29 is 14.3 Å². The summed E-state index contributed by atoms with van der Waals surface area (Å²) in [4.78, 5) is 19.2. The third-order valence-electron chi connectivity index (χ3n) is 6.99. The summed E-state index contributed by atoms with van der Waals surface area (Å²) in [5, 5.41) is 1.39. The number of nitrogens with zero attached hydrogens (tertiary/aromatic N) is 3. The zero-order valence-corrected chi connectivity index (χ0v) is 20.7. The predicted octanol–water partition coefficient (Wildman–Crippen LogP) is 4.19. The molecule has 0 unspecified atom stereocenters. The molecule has 8 heteroatoms. The van der Waals surface area contributed by atoms with Crippen LogP contribution >= 0.6 is 0 Å². The second-order valence-corrected chi connectivity index (χ2v) is 9.43. The van der Waals surface area contributed by atoms with Crippen LogP contribution in [0.4, 0.5) is 4.79 Å². The quantitative estimate of drug-likeness (QED) is 0.399. The Morgan fingerprint density at radius 3 is 2.45 bits per heavy atom. The lowest BCUT2D eigenvalue weighted by Crippen LogP contribution is -2.40. The molecule has 0 bridgehead atoms. The maximum absolute atomic E-state index is 12.7. The molecule has 1 aromatic rings. The number of carbonyl (C=O) groups excluding carboxylic acids is 1. The number of ether oxygens (including phenoxy) is 2. The SMILES string of the molecule is CCCC1(N(C)C(=O)OC/C(=C(/N)c2ccc(OC3CCCCC3)c(CC)n2)N(C)N)CC1. The van der Waals surface area contributed by atoms with Gasteiger partial charge in [0.2, 0.25) is 0 Å². The summed E-state index contributed by atoms with van der Waals surface area (Å²) >= 11 is 0. The fourth-order valence-electron chi connectivity index (χ4n) is 4.66. The lowest BCUT2D eigenvalue weighted by Gasteiger charge is -2.28. The van der Waals surface area contributed by atoms with Gasteiger partial charge in [-0.25, -0.2) is 15.6 Å². The highest BCUT2D eigenvalue weighted by Crippen LogP contribution is 2.45. The van der Waals surface area contributed by atoms with Crippen LogP contribution in [-0.4, -0.2) is 53.3 Å². The molecular formula is C25H41N5O3. The van der Waals surface area contributed by atoms with Gasteiger partial charge in [0.25, 0.3) is 0 Å². The van der Waals surface area contributed by atoms with Gasteiger partial charge in [0, 0.05) is 19.6 Å². The van der Waals surface area contributed by atoms with Crippen LogP contribution in [0, 0.1) is 0 Å². The molecule has 184 valence electrons. The van der Waals surface area contributed by atoms with E-state index < -0.39 is 0 Å². The number of carbonyl (C=O) groups is 1. The molecule has 0 aromatic carbocycles. The summed E-state index contributed by atoms with van der Waals surface area (Å²) in [6.07, 6.45) is 10.6. The van der Waals surface area contributed by atoms with Gasteiger partial charge >= 0.3 is 6.09 Å². The number of hydrazine groups is 1. The first-order valence-electron chi connectivity index (χ1n) is 12.4. The second-order valence-electron chi connectivity index (χ2n) is 9.43. The van der Waals surface area contributed by atoms with Crippen molar-refractivity contribution in [2.45, 2.75) is 89.7 Å². The molecule has 0 spiro atoms. The van der Waals surface area contributed by atoms with E-state index >= 15 is 0 Å². The molecule has 3 rings (SSSR count). The van der Waals surface area contributed by atoms with Crippen LogP contribution in [-0.2, 0) is 11.2 Å². The van der Waals surface area contributed by atoms with Crippen LogP contribution in [0.15, 0.2) is 17.8 Å². The van der Waals surface area contributed by atoms with Crippen molar-refractivity contribution in [3.8, 4) is 5.75 Å². The Morgan fingerprint density at radius 1 is 1.18 bits per heavy atom. The average Bonchev–Trinajstić information content (AvgIpc) is 3.60. The van der Waals surface area contributed by atoms with E-state index in [-0.39, 0.29) is 24.3 Å². The average molecular weight is 460 g/mol. The molecule has 4 N–H and O–H groups in total. The first-order valence-corrected chi connectivity index (χ1v) is 12.4. The van der Waals surface area contributed by atoms with Crippen molar-refractivity contribution in [3.63, 3.8) is 0 Å². The van der Waals surface area contributed by atoms with Crippen LogP contribution < -0.4 is 16.3 Å². The molecular weight excluding hydrogens is 418 g/mol. The summed E-state index contributed by atoms with van der Waals surface area (Å²) in [5.41, 5.74) is 8.77. The lowest BCUT2D eigenvalue weighted by molar-refractivity contribution is 0.0920.